The molecule has 4 aromatic rings. The fraction of sp³-hybridized carbons (Fsp3) is 0.136. The van der Waals surface area contributed by atoms with Crippen molar-refractivity contribution >= 4 is 22.7 Å². The van der Waals surface area contributed by atoms with Crippen molar-refractivity contribution < 1.29 is 48.6 Å². The number of aryl methyl sites for hydroxylation is 1. The Bertz CT molecular complexity index is 1240. The van der Waals surface area contributed by atoms with Crippen LogP contribution in [-0.2, 0) is 11.3 Å². The molecule has 0 bridgehead atoms. The fourth-order valence-electron chi connectivity index (χ4n) is 3.03. The zero-order valence-corrected chi connectivity index (χ0v) is 19.5. The molecule has 0 spiro atoms. The second kappa shape index (κ2) is 10.4. The molecule has 4 rings (SSSR count). The van der Waals surface area contributed by atoms with Crippen molar-refractivity contribution in [2.45, 2.75) is 13.5 Å². The summed E-state index contributed by atoms with van der Waals surface area (Å²) in [6.07, 6.45) is 1.36. The molecule has 2 aromatic carbocycles. The molecule has 1 N–H and O–H groups in total. The molecule has 0 saturated carbocycles. The Balaban J connectivity index is 0.00000289. The summed E-state index contributed by atoms with van der Waals surface area (Å²) >= 11 is 0. The van der Waals surface area contributed by atoms with Gasteiger partial charge in [0.25, 0.3) is 0 Å². The van der Waals surface area contributed by atoms with Gasteiger partial charge in [-0.2, -0.15) is 10.2 Å². The number of aliphatic carboxylic acids is 1. The predicted octanol–water partition coefficient (Wildman–Crippen LogP) is -0.721. The second-order valence-electron chi connectivity index (χ2n) is 6.78. The van der Waals surface area contributed by atoms with E-state index in [0.29, 0.717) is 28.8 Å². The van der Waals surface area contributed by atoms with E-state index in [0.717, 1.165) is 17.0 Å². The van der Waals surface area contributed by atoms with Crippen LogP contribution >= 0.6 is 0 Å². The topological polar surface area (TPSA) is 113 Å². The molecule has 0 amide bonds. The molecular weight excluding hydrogens is 424 g/mol. The number of hydrogen-bond acceptors (Lipinski definition) is 8. The van der Waals surface area contributed by atoms with Crippen LogP contribution in [0.2, 0.25) is 0 Å². The van der Waals surface area contributed by atoms with Gasteiger partial charge < -0.3 is 20.0 Å². The normalized spacial score (nSPS) is 10.4. The van der Waals surface area contributed by atoms with Crippen molar-refractivity contribution in [2.24, 2.45) is 0 Å². The quantitative estimate of drug-likeness (QED) is 0.374. The third kappa shape index (κ3) is 5.56. The average molecular weight is 441 g/mol. The Labute approximate surface area is 205 Å². The molecule has 0 aliphatic heterocycles. The van der Waals surface area contributed by atoms with Crippen molar-refractivity contribution in [2.75, 3.05) is 11.9 Å². The summed E-state index contributed by atoms with van der Waals surface area (Å²) in [5.74, 6) is -0.954. The zero-order valence-electron chi connectivity index (χ0n) is 17.5. The van der Waals surface area contributed by atoms with E-state index < -0.39 is 12.6 Å². The summed E-state index contributed by atoms with van der Waals surface area (Å²) < 4.78 is 18.8. The van der Waals surface area contributed by atoms with Gasteiger partial charge in [0.1, 0.15) is 35.8 Å². The van der Waals surface area contributed by atoms with Crippen molar-refractivity contribution in [3.8, 4) is 16.9 Å². The molecule has 156 valence electrons. The Morgan fingerprint density at radius 3 is 2.53 bits per heavy atom. The van der Waals surface area contributed by atoms with E-state index in [1.165, 1.54) is 18.5 Å². The molecule has 2 heterocycles. The number of fused-ring (bicyclic) bond motifs is 1. The number of carboxylic acid groups (broad SMARTS) is 1. The number of benzene rings is 2. The maximum absolute atomic E-state index is 13.4. The Hall–Kier alpha value is -3.14. The smallest absolute Gasteiger partial charge is 0.546 e. The Morgan fingerprint density at radius 2 is 1.84 bits per heavy atom. The minimum Gasteiger partial charge on any atom is -0.546 e. The summed E-state index contributed by atoms with van der Waals surface area (Å²) in [4.78, 5) is 19.5. The van der Waals surface area contributed by atoms with Crippen LogP contribution in [0.3, 0.4) is 0 Å². The third-order valence-corrected chi connectivity index (χ3v) is 4.52. The summed E-state index contributed by atoms with van der Waals surface area (Å²) in [6.45, 7) is 1.59. The van der Waals surface area contributed by atoms with Gasteiger partial charge in [-0.05, 0) is 54.4 Å². The third-order valence-electron chi connectivity index (χ3n) is 4.52. The number of carbonyl (C=O) groups is 1. The number of ether oxygens (including phenoxy) is 1. The molecule has 32 heavy (non-hydrogen) atoms. The number of hydrogen-bond donors (Lipinski definition) is 1. The average Bonchev–Trinajstić information content (AvgIpc) is 2.77. The van der Waals surface area contributed by atoms with Crippen molar-refractivity contribution in [1.82, 2.24) is 20.2 Å². The number of anilines is 1. The Morgan fingerprint density at radius 1 is 1.06 bits per heavy atom. The summed E-state index contributed by atoms with van der Waals surface area (Å²) in [5.41, 5.74) is 3.38. The number of aromatic nitrogens is 4. The first kappa shape index (κ1) is 23.5. The standard InChI is InChI=1S/C22H18FN5O3.Na/c1-13-2-7-17(28-27-13)10-24-22-18-8-15(14-3-5-16(23)6-4-14)9-19(31-11-20(29)30)21(18)25-12-26-22;/h2-9,12H,10-11H2,1H3,(H,29,30)(H,24,25,26);/q;+1/p-1. The number of nitrogens with one attached hydrogen (secondary N) is 1. The van der Waals surface area contributed by atoms with E-state index in [2.05, 4.69) is 25.5 Å². The maximum atomic E-state index is 13.4. The number of halogens is 1. The van der Waals surface area contributed by atoms with E-state index in [1.807, 2.05) is 25.1 Å². The molecule has 10 heteroatoms. The molecule has 2 aromatic heterocycles. The van der Waals surface area contributed by atoms with Gasteiger partial charge in [-0.15, -0.1) is 0 Å². The van der Waals surface area contributed by atoms with E-state index >= 15 is 0 Å². The number of rotatable bonds is 7. The van der Waals surface area contributed by atoms with E-state index in [1.54, 1.807) is 18.2 Å². The van der Waals surface area contributed by atoms with Crippen LogP contribution in [0.25, 0.3) is 22.0 Å². The summed E-state index contributed by atoms with van der Waals surface area (Å²) in [5, 5.41) is 22.9. The van der Waals surface area contributed by atoms with Gasteiger partial charge in [0.05, 0.1) is 23.9 Å². The maximum Gasteiger partial charge on any atom is 1.00 e. The van der Waals surface area contributed by atoms with Crippen LogP contribution in [0.1, 0.15) is 11.4 Å². The zero-order chi connectivity index (χ0) is 21.8. The number of carbonyl (C=O) groups excluding carboxylic acids is 1. The van der Waals surface area contributed by atoms with Gasteiger partial charge in [-0.3, -0.25) is 0 Å². The van der Waals surface area contributed by atoms with Crippen LogP contribution in [0.4, 0.5) is 10.2 Å². The van der Waals surface area contributed by atoms with Gasteiger partial charge in [-0.1, -0.05) is 12.1 Å². The van der Waals surface area contributed by atoms with Crippen molar-refractivity contribution in [3.63, 3.8) is 0 Å². The van der Waals surface area contributed by atoms with Gasteiger partial charge in [0, 0.05) is 5.39 Å². The minimum atomic E-state index is -1.36. The molecular formula is C22H17FN5NaO3. The molecule has 0 atom stereocenters. The summed E-state index contributed by atoms with van der Waals surface area (Å²) in [7, 11) is 0. The molecule has 0 aliphatic carbocycles. The van der Waals surface area contributed by atoms with Gasteiger partial charge >= 0.3 is 29.6 Å². The summed E-state index contributed by atoms with van der Waals surface area (Å²) in [6, 6.07) is 13.1. The molecule has 0 fully saturated rings. The molecule has 8 nitrogen and oxygen atoms in total. The Kier molecular flexibility index (Phi) is 7.68. The van der Waals surface area contributed by atoms with Gasteiger partial charge in [-0.25, -0.2) is 14.4 Å². The van der Waals surface area contributed by atoms with E-state index in [-0.39, 0.29) is 41.1 Å². The number of nitrogens with zero attached hydrogens (tertiary/aromatic N) is 4. The second-order valence-corrected chi connectivity index (χ2v) is 6.78. The van der Waals surface area contributed by atoms with Crippen molar-refractivity contribution in [1.29, 1.82) is 0 Å². The molecule has 0 radical (unpaired) electrons. The monoisotopic (exact) mass is 441 g/mol. The molecule has 0 aliphatic rings. The van der Waals surface area contributed by atoms with Crippen LogP contribution < -0.4 is 44.7 Å². The van der Waals surface area contributed by atoms with Gasteiger partial charge in [0.15, 0.2) is 0 Å². The first-order valence-corrected chi connectivity index (χ1v) is 9.40. The van der Waals surface area contributed by atoms with Crippen LogP contribution in [0.5, 0.6) is 5.75 Å². The van der Waals surface area contributed by atoms with E-state index in [9.17, 15) is 14.3 Å². The van der Waals surface area contributed by atoms with Crippen LogP contribution in [0, 0.1) is 12.7 Å². The largest absolute Gasteiger partial charge is 1.00 e. The first-order valence-electron chi connectivity index (χ1n) is 9.40. The fourth-order valence-corrected chi connectivity index (χ4v) is 3.03. The van der Waals surface area contributed by atoms with E-state index in [4.69, 9.17) is 4.74 Å². The molecule has 0 unspecified atom stereocenters. The SMILES string of the molecule is Cc1ccc(CNc2ncnc3c(OCC(=O)[O-])cc(-c4ccc(F)cc4)cc23)nn1.[Na+]. The van der Waals surface area contributed by atoms with Crippen LogP contribution in [-0.4, -0.2) is 32.7 Å². The van der Waals surface area contributed by atoms with Crippen molar-refractivity contribution in [3.05, 3.63) is 72.1 Å². The van der Waals surface area contributed by atoms with Crippen LogP contribution in [0.15, 0.2) is 54.9 Å². The minimum absolute atomic E-state index is 0. The van der Waals surface area contributed by atoms with Gasteiger partial charge in [0.2, 0.25) is 0 Å². The first-order chi connectivity index (χ1) is 15.0. The number of carboxylic acids is 1. The predicted molar refractivity (Wildman–Crippen MR) is 110 cm³/mol. The molecule has 0 saturated heterocycles.